The number of ether oxygens (including phenoxy) is 1. The number of carbonyl (C=O) groups excluding carboxylic acids is 2. The summed E-state index contributed by atoms with van der Waals surface area (Å²) < 4.78 is 4.63. The standard InChI is InChI=1S/C16H26N4O3.C2H6/c1-9(2)13(19-16(22)23-5)15(21)20-8-6-7-12(20)14-17-10(3)11(4)18-14;1-2/h9,12-13H,6-8H2,1-5H3,(H,17,18)(H,19,22);1-2H3/t12-,13-;/m0./s1. The summed E-state index contributed by atoms with van der Waals surface area (Å²) in [5, 5.41) is 2.65. The number of aromatic nitrogens is 2. The number of aryl methyl sites for hydroxylation is 2. The van der Waals surface area contributed by atoms with Gasteiger partial charge in [0, 0.05) is 12.2 Å². The molecule has 1 aliphatic heterocycles. The first-order valence-corrected chi connectivity index (χ1v) is 9.03. The van der Waals surface area contributed by atoms with Gasteiger partial charge in [0.15, 0.2) is 0 Å². The number of nitrogens with zero attached hydrogens (tertiary/aromatic N) is 2. The van der Waals surface area contributed by atoms with E-state index in [-0.39, 0.29) is 17.9 Å². The number of imidazole rings is 1. The second-order valence-electron chi connectivity index (χ2n) is 6.38. The van der Waals surface area contributed by atoms with Gasteiger partial charge in [-0.3, -0.25) is 4.79 Å². The fourth-order valence-electron chi connectivity index (χ4n) is 2.93. The zero-order valence-electron chi connectivity index (χ0n) is 16.5. The van der Waals surface area contributed by atoms with Crippen LogP contribution in [-0.4, -0.2) is 46.6 Å². The normalized spacial score (nSPS) is 17.8. The number of carbonyl (C=O) groups is 2. The van der Waals surface area contributed by atoms with Crippen LogP contribution in [0.25, 0.3) is 0 Å². The minimum Gasteiger partial charge on any atom is -0.453 e. The predicted molar refractivity (Wildman–Crippen MR) is 97.3 cm³/mol. The van der Waals surface area contributed by atoms with Gasteiger partial charge in [0.2, 0.25) is 5.91 Å². The molecule has 1 aromatic rings. The highest BCUT2D eigenvalue weighted by Crippen LogP contribution is 2.31. The van der Waals surface area contributed by atoms with Gasteiger partial charge in [-0.05, 0) is 32.6 Å². The van der Waals surface area contributed by atoms with Crippen LogP contribution in [0.2, 0.25) is 0 Å². The number of H-pyrrole nitrogens is 1. The molecule has 2 rings (SSSR count). The molecule has 0 bridgehead atoms. The van der Waals surface area contributed by atoms with E-state index in [2.05, 4.69) is 20.0 Å². The van der Waals surface area contributed by atoms with Gasteiger partial charge in [-0.1, -0.05) is 27.7 Å². The van der Waals surface area contributed by atoms with Crippen LogP contribution in [0.15, 0.2) is 0 Å². The van der Waals surface area contributed by atoms with Crippen molar-refractivity contribution in [3.05, 3.63) is 17.2 Å². The highest BCUT2D eigenvalue weighted by Gasteiger charge is 2.37. The fraction of sp³-hybridized carbons (Fsp3) is 0.722. The van der Waals surface area contributed by atoms with Gasteiger partial charge in [0.1, 0.15) is 11.9 Å². The van der Waals surface area contributed by atoms with Crippen LogP contribution in [0.4, 0.5) is 4.79 Å². The van der Waals surface area contributed by atoms with Gasteiger partial charge in [-0.25, -0.2) is 9.78 Å². The maximum absolute atomic E-state index is 12.9. The summed E-state index contributed by atoms with van der Waals surface area (Å²) in [6.45, 7) is 12.4. The Labute approximate surface area is 150 Å². The Hall–Kier alpha value is -2.05. The monoisotopic (exact) mass is 352 g/mol. The van der Waals surface area contributed by atoms with Crippen molar-refractivity contribution in [1.29, 1.82) is 0 Å². The first-order chi connectivity index (χ1) is 11.8. The molecule has 7 heteroatoms. The van der Waals surface area contributed by atoms with Crippen molar-refractivity contribution in [3.63, 3.8) is 0 Å². The molecular formula is C18H32N4O3. The topological polar surface area (TPSA) is 87.3 Å². The second-order valence-corrected chi connectivity index (χ2v) is 6.38. The molecule has 142 valence electrons. The van der Waals surface area contributed by atoms with E-state index in [0.29, 0.717) is 6.54 Å². The van der Waals surface area contributed by atoms with E-state index < -0.39 is 12.1 Å². The predicted octanol–water partition coefficient (Wildman–Crippen LogP) is 3.10. The summed E-state index contributed by atoms with van der Waals surface area (Å²) in [6.07, 6.45) is 1.22. The van der Waals surface area contributed by atoms with Gasteiger partial charge in [-0.2, -0.15) is 0 Å². The molecule has 1 saturated heterocycles. The maximum Gasteiger partial charge on any atom is 0.407 e. The van der Waals surface area contributed by atoms with E-state index in [9.17, 15) is 9.59 Å². The van der Waals surface area contributed by atoms with Crippen LogP contribution in [0.3, 0.4) is 0 Å². The SMILES string of the molecule is CC.COC(=O)N[C@H](C(=O)N1CCC[C@H]1c1nc(C)c(C)[nH]1)C(C)C. The molecule has 2 N–H and O–H groups in total. The van der Waals surface area contributed by atoms with Gasteiger partial charge in [-0.15, -0.1) is 0 Å². The minimum atomic E-state index is -0.597. The first kappa shape index (κ1) is 21.0. The molecule has 0 radical (unpaired) electrons. The summed E-state index contributed by atoms with van der Waals surface area (Å²) in [7, 11) is 1.30. The fourth-order valence-corrected chi connectivity index (χ4v) is 2.93. The molecule has 25 heavy (non-hydrogen) atoms. The van der Waals surface area contributed by atoms with Crippen molar-refractivity contribution >= 4 is 12.0 Å². The average molecular weight is 352 g/mol. The molecule has 2 heterocycles. The second kappa shape index (κ2) is 9.44. The largest absolute Gasteiger partial charge is 0.453 e. The van der Waals surface area contributed by atoms with Crippen molar-refractivity contribution in [2.45, 2.75) is 66.5 Å². The molecule has 0 unspecified atom stereocenters. The lowest BCUT2D eigenvalue weighted by Gasteiger charge is -2.30. The molecule has 0 saturated carbocycles. The Balaban J connectivity index is 0.00000151. The van der Waals surface area contributed by atoms with Crippen molar-refractivity contribution in [1.82, 2.24) is 20.2 Å². The Morgan fingerprint density at radius 3 is 2.44 bits per heavy atom. The van der Waals surface area contributed by atoms with Crippen LogP contribution in [0, 0.1) is 19.8 Å². The molecule has 0 aliphatic carbocycles. The van der Waals surface area contributed by atoms with Crippen LogP contribution in [-0.2, 0) is 9.53 Å². The quantitative estimate of drug-likeness (QED) is 0.871. The molecule has 7 nitrogen and oxygen atoms in total. The molecule has 2 atom stereocenters. The number of hydrogen-bond donors (Lipinski definition) is 2. The summed E-state index contributed by atoms with van der Waals surface area (Å²) in [5.41, 5.74) is 1.97. The molecule has 1 fully saturated rings. The van der Waals surface area contributed by atoms with Crippen molar-refractivity contribution < 1.29 is 14.3 Å². The molecular weight excluding hydrogens is 320 g/mol. The number of nitrogens with one attached hydrogen (secondary N) is 2. The van der Waals surface area contributed by atoms with Gasteiger partial charge in [0.25, 0.3) is 0 Å². The molecule has 1 aliphatic rings. The minimum absolute atomic E-state index is 0.0251. The smallest absolute Gasteiger partial charge is 0.407 e. The average Bonchev–Trinajstić information content (AvgIpc) is 3.20. The number of hydrogen-bond acceptors (Lipinski definition) is 4. The zero-order chi connectivity index (χ0) is 19.1. The number of rotatable bonds is 4. The lowest BCUT2D eigenvalue weighted by Crippen LogP contribution is -2.51. The summed E-state index contributed by atoms with van der Waals surface area (Å²) in [6, 6.07) is -0.657. The van der Waals surface area contributed by atoms with Crippen LogP contribution in [0.5, 0.6) is 0 Å². The third-order valence-electron chi connectivity index (χ3n) is 4.39. The number of amides is 2. The number of likely N-dealkylation sites (tertiary alicyclic amines) is 1. The number of methoxy groups -OCH3 is 1. The van der Waals surface area contributed by atoms with Crippen LogP contribution in [0.1, 0.15) is 63.8 Å². The lowest BCUT2D eigenvalue weighted by atomic mass is 10.0. The maximum atomic E-state index is 12.9. The van der Waals surface area contributed by atoms with Crippen molar-refractivity contribution in [2.75, 3.05) is 13.7 Å². The molecule has 1 aromatic heterocycles. The highest BCUT2D eigenvalue weighted by molar-refractivity contribution is 5.86. The Morgan fingerprint density at radius 1 is 1.32 bits per heavy atom. The van der Waals surface area contributed by atoms with E-state index in [4.69, 9.17) is 0 Å². The first-order valence-electron chi connectivity index (χ1n) is 9.03. The van der Waals surface area contributed by atoms with Crippen LogP contribution >= 0.6 is 0 Å². The molecule has 2 amide bonds. The van der Waals surface area contributed by atoms with Gasteiger partial charge in [0.05, 0.1) is 18.8 Å². The third-order valence-corrected chi connectivity index (χ3v) is 4.39. The molecule has 0 aromatic carbocycles. The Bertz CT molecular complexity index is 563. The summed E-state index contributed by atoms with van der Waals surface area (Å²) in [5.74, 6) is 0.717. The van der Waals surface area contributed by atoms with E-state index in [1.54, 1.807) is 0 Å². The molecule has 0 spiro atoms. The van der Waals surface area contributed by atoms with Crippen molar-refractivity contribution in [3.8, 4) is 0 Å². The lowest BCUT2D eigenvalue weighted by molar-refractivity contribution is -0.135. The van der Waals surface area contributed by atoms with Gasteiger partial charge < -0.3 is 19.9 Å². The van der Waals surface area contributed by atoms with E-state index in [1.807, 2.05) is 46.4 Å². The van der Waals surface area contributed by atoms with Crippen LogP contribution < -0.4 is 5.32 Å². The van der Waals surface area contributed by atoms with E-state index >= 15 is 0 Å². The Morgan fingerprint density at radius 2 is 1.96 bits per heavy atom. The third kappa shape index (κ3) is 4.96. The van der Waals surface area contributed by atoms with E-state index in [0.717, 1.165) is 30.1 Å². The highest BCUT2D eigenvalue weighted by atomic mass is 16.5. The summed E-state index contributed by atoms with van der Waals surface area (Å²) >= 11 is 0. The summed E-state index contributed by atoms with van der Waals surface area (Å²) in [4.78, 5) is 34.1. The van der Waals surface area contributed by atoms with E-state index in [1.165, 1.54) is 7.11 Å². The number of aromatic amines is 1. The number of alkyl carbamates (subject to hydrolysis) is 1. The van der Waals surface area contributed by atoms with Gasteiger partial charge >= 0.3 is 6.09 Å². The van der Waals surface area contributed by atoms with Crippen molar-refractivity contribution in [2.24, 2.45) is 5.92 Å². The Kier molecular flexibility index (Phi) is 7.93. The zero-order valence-corrected chi connectivity index (χ0v) is 16.5.